The number of ether oxygens (including phenoxy) is 1. The summed E-state index contributed by atoms with van der Waals surface area (Å²) in [4.78, 5) is 8.11. The number of fused-ring (bicyclic) bond motifs is 1. The Bertz CT molecular complexity index is 701. The molecule has 5 N–H and O–H groups in total. The number of nitrogens with zero attached hydrogens (tertiary/aromatic N) is 3. The minimum absolute atomic E-state index is 0.238. The number of hydrogen-bond acceptors (Lipinski definition) is 7. The van der Waals surface area contributed by atoms with Crippen LogP contribution in [0.3, 0.4) is 0 Å². The Morgan fingerprint density at radius 2 is 2.14 bits per heavy atom. The van der Waals surface area contributed by atoms with Gasteiger partial charge < -0.3 is 30.4 Å². The number of hydrogen-bond donors (Lipinski definition) is 4. The zero-order valence-corrected chi connectivity index (χ0v) is 12.5. The molecule has 1 fully saturated rings. The van der Waals surface area contributed by atoms with Gasteiger partial charge in [0.25, 0.3) is 0 Å². The molecule has 0 saturated carbocycles. The number of nitrogen functional groups attached to an aromatic ring is 1. The Morgan fingerprint density at radius 3 is 2.77 bits per heavy atom. The number of nitrogens with two attached hydrogens (primary N) is 1. The average molecular weight is 308 g/mol. The maximum atomic E-state index is 11.0. The Balaban J connectivity index is 2.15. The molecule has 2 aromatic rings. The van der Waals surface area contributed by atoms with Crippen molar-refractivity contribution in [3.05, 3.63) is 18.6 Å². The van der Waals surface area contributed by atoms with Gasteiger partial charge in [-0.3, -0.25) is 0 Å². The molecule has 8 heteroatoms. The highest BCUT2D eigenvalue weighted by atomic mass is 16.6. The first-order chi connectivity index (χ1) is 10.4. The minimum atomic E-state index is -1.60. The SMILES string of the molecule is CC[C@]1(O)[C@H](n2ccc3c(N)ncnc32)O[C@H](CO)[C@@]1(C)O. The standard InChI is InChI=1S/C14H20N4O4/c1-3-14(21)12(22-9(6-19)13(14,2)20)18-5-4-8-10(15)16-7-17-11(8)18/h4-5,7,9,12,19-21H,3,6H2,1-2H3,(H2,15,16,17)/t9-,12-,13-,14+/m1/s1. The van der Waals surface area contributed by atoms with Crippen LogP contribution >= 0.6 is 0 Å². The first-order valence-electron chi connectivity index (χ1n) is 7.15. The van der Waals surface area contributed by atoms with E-state index >= 15 is 0 Å². The Hall–Kier alpha value is -1.74. The van der Waals surface area contributed by atoms with Crippen molar-refractivity contribution in [2.75, 3.05) is 12.3 Å². The van der Waals surface area contributed by atoms with E-state index in [0.717, 1.165) is 0 Å². The van der Waals surface area contributed by atoms with Crippen LogP contribution in [-0.4, -0.2) is 53.8 Å². The van der Waals surface area contributed by atoms with Crippen molar-refractivity contribution in [2.45, 2.75) is 43.8 Å². The molecule has 120 valence electrons. The molecule has 0 aromatic carbocycles. The predicted octanol–water partition coefficient (Wildman–Crippen LogP) is -0.205. The Labute approximate surface area is 127 Å². The monoisotopic (exact) mass is 308 g/mol. The molecule has 4 atom stereocenters. The van der Waals surface area contributed by atoms with Gasteiger partial charge in [0.1, 0.15) is 35.1 Å². The van der Waals surface area contributed by atoms with Crippen molar-refractivity contribution in [3.8, 4) is 0 Å². The van der Waals surface area contributed by atoms with E-state index in [4.69, 9.17) is 10.5 Å². The quantitative estimate of drug-likeness (QED) is 0.618. The average Bonchev–Trinajstić information content (AvgIpc) is 2.99. The fourth-order valence-corrected chi connectivity index (χ4v) is 3.16. The minimum Gasteiger partial charge on any atom is -0.394 e. The molecule has 0 unspecified atom stereocenters. The lowest BCUT2D eigenvalue weighted by Crippen LogP contribution is -2.56. The van der Waals surface area contributed by atoms with Crippen LogP contribution in [0.15, 0.2) is 18.6 Å². The topological polar surface area (TPSA) is 127 Å². The predicted molar refractivity (Wildman–Crippen MR) is 78.8 cm³/mol. The zero-order valence-electron chi connectivity index (χ0n) is 12.5. The normalized spacial score (nSPS) is 35.3. The van der Waals surface area contributed by atoms with Gasteiger partial charge in [-0.05, 0) is 19.4 Å². The van der Waals surface area contributed by atoms with Crippen molar-refractivity contribution in [3.63, 3.8) is 0 Å². The molecule has 0 radical (unpaired) electrons. The summed E-state index contributed by atoms with van der Waals surface area (Å²) < 4.78 is 7.35. The van der Waals surface area contributed by atoms with Crippen molar-refractivity contribution in [1.82, 2.24) is 14.5 Å². The molecule has 3 rings (SSSR count). The van der Waals surface area contributed by atoms with Gasteiger partial charge in [-0.1, -0.05) is 6.92 Å². The molecule has 0 aliphatic carbocycles. The van der Waals surface area contributed by atoms with Crippen molar-refractivity contribution in [2.24, 2.45) is 0 Å². The summed E-state index contributed by atoms with van der Waals surface area (Å²) in [5, 5.41) is 31.8. The van der Waals surface area contributed by atoms with Gasteiger partial charge in [0.05, 0.1) is 12.0 Å². The molecule has 3 heterocycles. The number of aromatic nitrogens is 3. The Morgan fingerprint density at radius 1 is 1.41 bits per heavy atom. The van der Waals surface area contributed by atoms with E-state index in [-0.39, 0.29) is 6.42 Å². The third kappa shape index (κ3) is 1.78. The van der Waals surface area contributed by atoms with Crippen molar-refractivity contribution >= 4 is 16.9 Å². The third-order valence-corrected chi connectivity index (χ3v) is 4.70. The van der Waals surface area contributed by atoms with E-state index < -0.39 is 30.1 Å². The first-order valence-corrected chi connectivity index (χ1v) is 7.15. The Kier molecular flexibility index (Phi) is 3.37. The summed E-state index contributed by atoms with van der Waals surface area (Å²) in [6.45, 7) is 2.81. The summed E-state index contributed by atoms with van der Waals surface area (Å²) in [6.07, 6.45) is 1.45. The summed E-state index contributed by atoms with van der Waals surface area (Å²) in [5.74, 6) is 0.326. The van der Waals surface area contributed by atoms with E-state index in [1.807, 2.05) is 0 Å². The smallest absolute Gasteiger partial charge is 0.167 e. The highest BCUT2D eigenvalue weighted by Crippen LogP contribution is 2.48. The molecule has 1 aliphatic rings. The van der Waals surface area contributed by atoms with Crippen LogP contribution in [0.2, 0.25) is 0 Å². The lowest BCUT2D eigenvalue weighted by atomic mass is 9.79. The molecule has 22 heavy (non-hydrogen) atoms. The maximum Gasteiger partial charge on any atom is 0.167 e. The van der Waals surface area contributed by atoms with Crippen LogP contribution in [0.1, 0.15) is 26.5 Å². The zero-order chi connectivity index (χ0) is 16.1. The number of rotatable bonds is 3. The van der Waals surface area contributed by atoms with Crippen LogP contribution in [-0.2, 0) is 4.74 Å². The summed E-state index contributed by atoms with van der Waals surface area (Å²) in [6, 6.07) is 1.73. The van der Waals surface area contributed by atoms with Crippen molar-refractivity contribution in [1.29, 1.82) is 0 Å². The van der Waals surface area contributed by atoms with Gasteiger partial charge in [0.15, 0.2) is 6.23 Å². The van der Waals surface area contributed by atoms with E-state index in [9.17, 15) is 15.3 Å². The van der Waals surface area contributed by atoms with Crippen LogP contribution < -0.4 is 5.73 Å². The van der Waals surface area contributed by atoms with Gasteiger partial charge in [-0.2, -0.15) is 0 Å². The molecular formula is C14H20N4O4. The molecule has 2 aromatic heterocycles. The molecule has 0 amide bonds. The van der Waals surface area contributed by atoms with E-state index in [1.165, 1.54) is 13.3 Å². The van der Waals surface area contributed by atoms with Gasteiger partial charge in [-0.25, -0.2) is 9.97 Å². The molecule has 0 spiro atoms. The van der Waals surface area contributed by atoms with E-state index in [1.54, 1.807) is 23.8 Å². The summed E-state index contributed by atoms with van der Waals surface area (Å²) >= 11 is 0. The highest BCUT2D eigenvalue weighted by Gasteiger charge is 2.62. The summed E-state index contributed by atoms with van der Waals surface area (Å²) in [5.41, 5.74) is 3.14. The maximum absolute atomic E-state index is 11.0. The van der Waals surface area contributed by atoms with Gasteiger partial charge in [0, 0.05) is 6.20 Å². The molecule has 1 saturated heterocycles. The molecule has 8 nitrogen and oxygen atoms in total. The third-order valence-electron chi connectivity index (χ3n) is 4.70. The molecular weight excluding hydrogens is 288 g/mol. The fourth-order valence-electron chi connectivity index (χ4n) is 3.16. The highest BCUT2D eigenvalue weighted by molar-refractivity contribution is 5.86. The lowest BCUT2D eigenvalue weighted by Gasteiger charge is -2.37. The second kappa shape index (κ2) is 4.88. The van der Waals surface area contributed by atoms with Crippen LogP contribution in [0, 0.1) is 0 Å². The second-order valence-electron chi connectivity index (χ2n) is 5.80. The fraction of sp³-hybridized carbons (Fsp3) is 0.571. The lowest BCUT2D eigenvalue weighted by molar-refractivity contribution is -0.148. The number of aliphatic hydroxyl groups excluding tert-OH is 1. The largest absolute Gasteiger partial charge is 0.394 e. The first kappa shape index (κ1) is 15.2. The van der Waals surface area contributed by atoms with Gasteiger partial charge >= 0.3 is 0 Å². The van der Waals surface area contributed by atoms with E-state index in [0.29, 0.717) is 16.9 Å². The van der Waals surface area contributed by atoms with Crippen LogP contribution in [0.5, 0.6) is 0 Å². The number of anilines is 1. The van der Waals surface area contributed by atoms with Crippen LogP contribution in [0.25, 0.3) is 11.0 Å². The van der Waals surface area contributed by atoms with Crippen LogP contribution in [0.4, 0.5) is 5.82 Å². The molecule has 0 bridgehead atoms. The molecule has 1 aliphatic heterocycles. The summed E-state index contributed by atoms with van der Waals surface area (Å²) in [7, 11) is 0. The van der Waals surface area contributed by atoms with Gasteiger partial charge in [-0.15, -0.1) is 0 Å². The second-order valence-corrected chi connectivity index (χ2v) is 5.80. The van der Waals surface area contributed by atoms with Gasteiger partial charge in [0.2, 0.25) is 0 Å². The number of aliphatic hydroxyl groups is 3. The van der Waals surface area contributed by atoms with Crippen molar-refractivity contribution < 1.29 is 20.1 Å². The van der Waals surface area contributed by atoms with E-state index in [2.05, 4.69) is 9.97 Å².